The van der Waals surface area contributed by atoms with Gasteiger partial charge in [-0.15, -0.1) is 0 Å². The van der Waals surface area contributed by atoms with Gasteiger partial charge in [-0.25, -0.2) is 0 Å². The molecule has 2 aromatic carbocycles. The second kappa shape index (κ2) is 9.49. The van der Waals surface area contributed by atoms with E-state index in [1.165, 1.54) is 0 Å². The molecule has 0 saturated carbocycles. The Labute approximate surface area is 159 Å². The van der Waals surface area contributed by atoms with Crippen molar-refractivity contribution in [3.05, 3.63) is 52.5 Å². The van der Waals surface area contributed by atoms with Crippen LogP contribution in [0.3, 0.4) is 0 Å². The second-order valence-corrected chi connectivity index (χ2v) is 6.23. The van der Waals surface area contributed by atoms with E-state index in [1.54, 1.807) is 0 Å². The van der Waals surface area contributed by atoms with Crippen molar-refractivity contribution in [1.29, 1.82) is 0 Å². The largest absolute Gasteiger partial charge is 0.490 e. The van der Waals surface area contributed by atoms with E-state index >= 15 is 0 Å². The van der Waals surface area contributed by atoms with E-state index in [0.29, 0.717) is 29.9 Å². The van der Waals surface area contributed by atoms with Crippen LogP contribution in [0.1, 0.15) is 25.0 Å². The van der Waals surface area contributed by atoms with Crippen molar-refractivity contribution in [2.75, 3.05) is 18.5 Å². The minimum atomic E-state index is 0.534. The summed E-state index contributed by atoms with van der Waals surface area (Å²) in [7, 11) is 0. The van der Waals surface area contributed by atoms with Crippen LogP contribution in [0, 0.1) is 6.92 Å². The standard InChI is InChI=1S/C19H23ClN2O2S/c1-4-23-17-9-7-14(10-18(17)24-5-2)12-21-19(25)22-15-8-6-13(3)16(20)11-15/h6-11H,4-5,12H2,1-3H3,(H2,21,22,25). The molecule has 0 spiro atoms. The molecule has 0 amide bonds. The van der Waals surface area contributed by atoms with Crippen molar-refractivity contribution in [1.82, 2.24) is 5.32 Å². The smallest absolute Gasteiger partial charge is 0.171 e. The Balaban J connectivity index is 1.96. The molecule has 6 heteroatoms. The number of ether oxygens (including phenoxy) is 2. The van der Waals surface area contributed by atoms with E-state index in [2.05, 4.69) is 10.6 Å². The highest BCUT2D eigenvalue weighted by Crippen LogP contribution is 2.28. The first-order valence-corrected chi connectivity index (χ1v) is 9.01. The zero-order valence-corrected chi connectivity index (χ0v) is 16.3. The lowest BCUT2D eigenvalue weighted by Gasteiger charge is -2.14. The van der Waals surface area contributed by atoms with Crippen LogP contribution in [0.2, 0.25) is 5.02 Å². The van der Waals surface area contributed by atoms with Crippen LogP contribution in [0.5, 0.6) is 11.5 Å². The normalized spacial score (nSPS) is 10.2. The molecule has 0 aromatic heterocycles. The molecule has 134 valence electrons. The summed E-state index contributed by atoms with van der Waals surface area (Å²) in [6.07, 6.45) is 0. The highest BCUT2D eigenvalue weighted by atomic mass is 35.5. The van der Waals surface area contributed by atoms with E-state index in [4.69, 9.17) is 33.3 Å². The first kappa shape index (κ1) is 19.3. The molecule has 0 unspecified atom stereocenters. The number of rotatable bonds is 7. The number of halogens is 1. The maximum absolute atomic E-state index is 6.13. The Morgan fingerprint density at radius 1 is 1.04 bits per heavy atom. The van der Waals surface area contributed by atoms with Gasteiger partial charge in [0.1, 0.15) is 0 Å². The minimum absolute atomic E-state index is 0.534. The molecule has 25 heavy (non-hydrogen) atoms. The zero-order valence-electron chi connectivity index (χ0n) is 14.7. The number of thiocarbonyl (C=S) groups is 1. The van der Waals surface area contributed by atoms with E-state index in [0.717, 1.165) is 28.3 Å². The van der Waals surface area contributed by atoms with Crippen LogP contribution in [0.4, 0.5) is 5.69 Å². The van der Waals surface area contributed by atoms with Crippen molar-refractivity contribution in [2.24, 2.45) is 0 Å². The number of nitrogens with one attached hydrogen (secondary N) is 2. The van der Waals surface area contributed by atoms with Gasteiger partial charge in [0.2, 0.25) is 0 Å². The van der Waals surface area contributed by atoms with Crippen LogP contribution in [-0.4, -0.2) is 18.3 Å². The van der Waals surface area contributed by atoms with Crippen LogP contribution in [0.15, 0.2) is 36.4 Å². The summed E-state index contributed by atoms with van der Waals surface area (Å²) in [4.78, 5) is 0. The third-order valence-corrected chi connectivity index (χ3v) is 4.14. The van der Waals surface area contributed by atoms with E-state index < -0.39 is 0 Å². The molecule has 0 aliphatic rings. The molecule has 2 rings (SSSR count). The summed E-state index contributed by atoms with van der Waals surface area (Å²) in [5.41, 5.74) is 2.94. The van der Waals surface area contributed by atoms with Crippen LogP contribution in [-0.2, 0) is 6.54 Å². The van der Waals surface area contributed by atoms with Gasteiger partial charge in [-0.05, 0) is 68.4 Å². The van der Waals surface area contributed by atoms with Crippen LogP contribution < -0.4 is 20.1 Å². The zero-order chi connectivity index (χ0) is 18.2. The summed E-state index contributed by atoms with van der Waals surface area (Å²) in [6.45, 7) is 7.64. The van der Waals surface area contributed by atoms with E-state index in [9.17, 15) is 0 Å². The molecule has 0 fully saturated rings. The predicted octanol–water partition coefficient (Wildman–Crippen LogP) is 4.93. The second-order valence-electron chi connectivity index (χ2n) is 5.42. The lowest BCUT2D eigenvalue weighted by Crippen LogP contribution is -2.27. The van der Waals surface area contributed by atoms with Gasteiger partial charge < -0.3 is 20.1 Å². The summed E-state index contributed by atoms with van der Waals surface area (Å²) in [5.74, 6) is 1.50. The topological polar surface area (TPSA) is 42.5 Å². The Morgan fingerprint density at radius 2 is 1.76 bits per heavy atom. The SMILES string of the molecule is CCOc1ccc(CNC(=S)Nc2ccc(C)c(Cl)c2)cc1OCC. The van der Waals surface area contributed by atoms with Crippen LogP contribution >= 0.6 is 23.8 Å². The van der Waals surface area contributed by atoms with Gasteiger partial charge in [0.15, 0.2) is 16.6 Å². The molecule has 0 aliphatic heterocycles. The third-order valence-electron chi connectivity index (χ3n) is 3.49. The van der Waals surface area contributed by atoms with Crippen molar-refractivity contribution < 1.29 is 9.47 Å². The molecule has 4 nitrogen and oxygen atoms in total. The van der Waals surface area contributed by atoms with Crippen molar-refractivity contribution in [3.63, 3.8) is 0 Å². The first-order chi connectivity index (χ1) is 12.0. The Hall–Kier alpha value is -1.98. The summed E-state index contributed by atoms with van der Waals surface area (Å²) in [5, 5.41) is 7.56. The molecule has 0 heterocycles. The molecule has 2 aromatic rings. The maximum atomic E-state index is 6.13. The molecule has 0 aliphatic carbocycles. The molecule has 0 saturated heterocycles. The molecular weight excluding hydrogens is 356 g/mol. The van der Waals surface area contributed by atoms with Gasteiger partial charge in [0.25, 0.3) is 0 Å². The van der Waals surface area contributed by atoms with E-state index in [-0.39, 0.29) is 0 Å². The molecule has 0 atom stereocenters. The van der Waals surface area contributed by atoms with E-state index in [1.807, 2.05) is 57.2 Å². The summed E-state index contributed by atoms with van der Waals surface area (Å²) >= 11 is 11.5. The third kappa shape index (κ3) is 5.80. The number of aryl methyl sites for hydroxylation is 1. The van der Waals surface area contributed by atoms with Gasteiger partial charge in [-0.2, -0.15) is 0 Å². The molecule has 0 radical (unpaired) electrons. The fraction of sp³-hybridized carbons (Fsp3) is 0.316. The monoisotopic (exact) mass is 378 g/mol. The van der Waals surface area contributed by atoms with Crippen molar-refractivity contribution in [2.45, 2.75) is 27.3 Å². The molecule has 0 bridgehead atoms. The van der Waals surface area contributed by atoms with Gasteiger partial charge in [-0.1, -0.05) is 23.7 Å². The lowest BCUT2D eigenvalue weighted by molar-refractivity contribution is 0.287. The van der Waals surface area contributed by atoms with Crippen molar-refractivity contribution >= 4 is 34.6 Å². The van der Waals surface area contributed by atoms with Gasteiger partial charge in [-0.3, -0.25) is 0 Å². The Kier molecular flexibility index (Phi) is 7.34. The highest BCUT2D eigenvalue weighted by molar-refractivity contribution is 7.80. The summed E-state index contributed by atoms with van der Waals surface area (Å²) in [6, 6.07) is 11.6. The number of benzene rings is 2. The van der Waals surface area contributed by atoms with Gasteiger partial charge >= 0.3 is 0 Å². The van der Waals surface area contributed by atoms with Gasteiger partial charge in [0.05, 0.1) is 13.2 Å². The number of hydrogen-bond acceptors (Lipinski definition) is 3. The number of anilines is 1. The first-order valence-electron chi connectivity index (χ1n) is 8.23. The maximum Gasteiger partial charge on any atom is 0.171 e. The minimum Gasteiger partial charge on any atom is -0.490 e. The lowest BCUT2D eigenvalue weighted by atomic mass is 10.2. The molecule has 2 N–H and O–H groups in total. The average molecular weight is 379 g/mol. The average Bonchev–Trinajstić information content (AvgIpc) is 2.59. The van der Waals surface area contributed by atoms with Gasteiger partial charge in [0, 0.05) is 17.3 Å². The van der Waals surface area contributed by atoms with Crippen LogP contribution in [0.25, 0.3) is 0 Å². The Bertz CT molecular complexity index is 737. The number of hydrogen-bond donors (Lipinski definition) is 2. The van der Waals surface area contributed by atoms with Crippen molar-refractivity contribution in [3.8, 4) is 11.5 Å². The Morgan fingerprint density at radius 3 is 2.44 bits per heavy atom. The highest BCUT2D eigenvalue weighted by Gasteiger charge is 2.07. The quantitative estimate of drug-likeness (QED) is 0.668. The predicted molar refractivity (Wildman–Crippen MR) is 108 cm³/mol. The fourth-order valence-electron chi connectivity index (χ4n) is 2.23. The fourth-order valence-corrected chi connectivity index (χ4v) is 2.60. The molecular formula is C19H23ClN2O2S. The summed E-state index contributed by atoms with van der Waals surface area (Å²) < 4.78 is 11.2.